The Bertz CT molecular complexity index is 238. The van der Waals surface area contributed by atoms with Crippen molar-refractivity contribution >= 4 is 14.2 Å². The Labute approximate surface area is 95.6 Å². The minimum atomic E-state index is -2.24. The highest BCUT2D eigenvalue weighted by molar-refractivity contribution is 7.40. The Morgan fingerprint density at radius 3 is 2.44 bits per heavy atom. The predicted octanol–water partition coefficient (Wildman–Crippen LogP) is 0.00847. The molecule has 0 aromatic rings. The first kappa shape index (κ1) is 15.7. The Kier molecular flexibility index (Phi) is 7.80. The average molecular weight is 253 g/mol. The largest absolute Gasteiger partial charge is 0.390 e. The van der Waals surface area contributed by atoms with Gasteiger partial charge in [0.2, 0.25) is 0 Å². The molecule has 4 N–H and O–H groups in total. The molecule has 5 atom stereocenters. The van der Waals surface area contributed by atoms with Gasteiger partial charge < -0.3 is 25.3 Å². The van der Waals surface area contributed by atoms with Gasteiger partial charge in [-0.25, -0.2) is 0 Å². The molecule has 0 spiro atoms. The standard InChI is InChI=1S/C9H20NO5P/c1-3-15-16(14)6(2)4-7(11)9(13)8(12)5-10/h5-13,16H,3-4H2,1-2H3/t6?,7-,8+,9-/m1/s1. The number of nitrogens with one attached hydrogen (secondary N) is 1. The van der Waals surface area contributed by atoms with Crippen molar-refractivity contribution in [2.24, 2.45) is 0 Å². The lowest BCUT2D eigenvalue weighted by molar-refractivity contribution is -0.0360. The minimum absolute atomic E-state index is 0.0594. The zero-order valence-electron chi connectivity index (χ0n) is 9.46. The Morgan fingerprint density at radius 2 is 2.00 bits per heavy atom. The van der Waals surface area contributed by atoms with Gasteiger partial charge in [-0.05, 0) is 13.3 Å². The first-order chi connectivity index (χ1) is 7.43. The molecule has 2 unspecified atom stereocenters. The van der Waals surface area contributed by atoms with Crippen molar-refractivity contribution in [2.45, 2.75) is 44.2 Å². The number of aliphatic hydroxyl groups is 3. The highest BCUT2D eigenvalue weighted by atomic mass is 31.1. The molecule has 0 heterocycles. The lowest BCUT2D eigenvalue weighted by Gasteiger charge is -2.22. The van der Waals surface area contributed by atoms with Gasteiger partial charge in [-0.1, -0.05) is 6.92 Å². The van der Waals surface area contributed by atoms with E-state index in [2.05, 4.69) is 0 Å². The molecule has 0 fully saturated rings. The van der Waals surface area contributed by atoms with Crippen LogP contribution in [0.3, 0.4) is 0 Å². The van der Waals surface area contributed by atoms with Crippen LogP contribution >= 0.6 is 8.03 Å². The van der Waals surface area contributed by atoms with E-state index in [4.69, 9.17) is 15.0 Å². The van der Waals surface area contributed by atoms with Gasteiger partial charge in [0.25, 0.3) is 0 Å². The third-order valence-corrected chi connectivity index (χ3v) is 3.81. The maximum Gasteiger partial charge on any atom is 0.194 e. The molecule has 0 saturated carbocycles. The summed E-state index contributed by atoms with van der Waals surface area (Å²) in [4.78, 5) is 0. The van der Waals surface area contributed by atoms with E-state index in [1.807, 2.05) is 0 Å². The van der Waals surface area contributed by atoms with E-state index in [0.717, 1.165) is 0 Å². The van der Waals surface area contributed by atoms with Crippen molar-refractivity contribution in [2.75, 3.05) is 6.61 Å². The molecule has 0 saturated heterocycles. The third kappa shape index (κ3) is 5.18. The topological polar surface area (TPSA) is 111 Å². The number of aliphatic hydroxyl groups excluding tert-OH is 3. The quantitative estimate of drug-likeness (QED) is 0.359. The van der Waals surface area contributed by atoms with Crippen LogP contribution in [0.15, 0.2) is 0 Å². The molecule has 0 aromatic carbocycles. The lowest BCUT2D eigenvalue weighted by atomic mass is 10.0. The first-order valence-electron chi connectivity index (χ1n) is 5.15. The molecule has 0 aliphatic heterocycles. The molecule has 0 aliphatic carbocycles. The van der Waals surface area contributed by atoms with Crippen LogP contribution in [0.25, 0.3) is 0 Å². The van der Waals surface area contributed by atoms with Gasteiger partial charge in [-0.2, -0.15) is 0 Å². The van der Waals surface area contributed by atoms with Crippen LogP contribution in [0.4, 0.5) is 0 Å². The molecular formula is C9H20NO5P. The smallest absolute Gasteiger partial charge is 0.194 e. The van der Waals surface area contributed by atoms with E-state index in [-0.39, 0.29) is 12.1 Å². The van der Waals surface area contributed by atoms with Crippen LogP contribution < -0.4 is 0 Å². The normalized spacial score (nSPS) is 20.8. The second-order valence-corrected chi connectivity index (χ2v) is 5.52. The summed E-state index contributed by atoms with van der Waals surface area (Å²) < 4.78 is 16.3. The summed E-state index contributed by atoms with van der Waals surface area (Å²) in [5, 5.41) is 34.7. The third-order valence-electron chi connectivity index (χ3n) is 2.20. The SMILES string of the molecule is CCO[PH](=O)C(C)C[C@@H](O)[C@@H](O)[C@@H](O)C=N. The molecule has 0 radical (unpaired) electrons. The summed E-state index contributed by atoms with van der Waals surface area (Å²) >= 11 is 0. The fraction of sp³-hybridized carbons (Fsp3) is 0.889. The van der Waals surface area contributed by atoms with Crippen molar-refractivity contribution in [3.63, 3.8) is 0 Å². The van der Waals surface area contributed by atoms with E-state index in [0.29, 0.717) is 12.8 Å². The highest BCUT2D eigenvalue weighted by Gasteiger charge is 2.26. The van der Waals surface area contributed by atoms with Crippen LogP contribution in [-0.2, 0) is 9.09 Å². The van der Waals surface area contributed by atoms with Crippen molar-refractivity contribution in [3.8, 4) is 0 Å². The van der Waals surface area contributed by atoms with Crippen molar-refractivity contribution in [3.05, 3.63) is 0 Å². The summed E-state index contributed by atoms with van der Waals surface area (Å²) in [6.45, 7) is 3.70. The van der Waals surface area contributed by atoms with Crippen molar-refractivity contribution < 1.29 is 24.4 Å². The van der Waals surface area contributed by atoms with Crippen LogP contribution in [0.1, 0.15) is 20.3 Å². The summed E-state index contributed by atoms with van der Waals surface area (Å²) in [7, 11) is -2.24. The number of hydrogen-bond acceptors (Lipinski definition) is 6. The van der Waals surface area contributed by atoms with Gasteiger partial charge in [0.1, 0.15) is 12.2 Å². The van der Waals surface area contributed by atoms with Gasteiger partial charge in [0, 0.05) is 11.9 Å². The fourth-order valence-electron chi connectivity index (χ4n) is 1.21. The molecule has 16 heavy (non-hydrogen) atoms. The summed E-state index contributed by atoms with van der Waals surface area (Å²) in [6, 6.07) is 0. The molecule has 7 heteroatoms. The monoisotopic (exact) mass is 253 g/mol. The lowest BCUT2D eigenvalue weighted by Crippen LogP contribution is -2.39. The molecule has 0 aromatic heterocycles. The average Bonchev–Trinajstić information content (AvgIpc) is 2.26. The Balaban J connectivity index is 4.17. The highest BCUT2D eigenvalue weighted by Crippen LogP contribution is 2.32. The van der Waals surface area contributed by atoms with E-state index in [1.165, 1.54) is 0 Å². The van der Waals surface area contributed by atoms with Crippen LogP contribution in [-0.4, -0.2) is 52.1 Å². The first-order valence-corrected chi connectivity index (χ1v) is 6.54. The Hall–Kier alpha value is -0.260. The molecule has 0 aliphatic rings. The minimum Gasteiger partial charge on any atom is -0.390 e. The van der Waals surface area contributed by atoms with Gasteiger partial charge in [0.15, 0.2) is 8.03 Å². The van der Waals surface area contributed by atoms with Crippen LogP contribution in [0.2, 0.25) is 0 Å². The summed E-state index contributed by atoms with van der Waals surface area (Å²) in [5.74, 6) is 0. The Morgan fingerprint density at radius 1 is 1.44 bits per heavy atom. The molecular weight excluding hydrogens is 233 g/mol. The van der Waals surface area contributed by atoms with Gasteiger partial charge >= 0.3 is 0 Å². The maximum absolute atomic E-state index is 11.4. The van der Waals surface area contributed by atoms with E-state index >= 15 is 0 Å². The second-order valence-electron chi connectivity index (χ2n) is 3.60. The fourth-order valence-corrected chi connectivity index (χ4v) is 2.21. The predicted molar refractivity (Wildman–Crippen MR) is 61.5 cm³/mol. The zero-order chi connectivity index (χ0) is 12.7. The van der Waals surface area contributed by atoms with Crippen LogP contribution in [0, 0.1) is 5.41 Å². The number of hydrogen-bond donors (Lipinski definition) is 4. The van der Waals surface area contributed by atoms with Crippen LogP contribution in [0.5, 0.6) is 0 Å². The van der Waals surface area contributed by atoms with Crippen molar-refractivity contribution in [1.29, 1.82) is 5.41 Å². The maximum atomic E-state index is 11.4. The van der Waals surface area contributed by atoms with E-state index in [9.17, 15) is 14.8 Å². The van der Waals surface area contributed by atoms with Gasteiger partial charge in [-0.3, -0.25) is 4.57 Å². The molecule has 96 valence electrons. The molecule has 0 amide bonds. The van der Waals surface area contributed by atoms with Gasteiger partial charge in [-0.15, -0.1) is 0 Å². The number of rotatable bonds is 8. The zero-order valence-corrected chi connectivity index (χ0v) is 10.5. The molecule has 6 nitrogen and oxygen atoms in total. The second kappa shape index (κ2) is 7.92. The van der Waals surface area contributed by atoms with Crippen molar-refractivity contribution in [1.82, 2.24) is 0 Å². The van der Waals surface area contributed by atoms with E-state index < -0.39 is 26.3 Å². The van der Waals surface area contributed by atoms with Gasteiger partial charge in [0.05, 0.1) is 12.7 Å². The van der Waals surface area contributed by atoms with E-state index in [1.54, 1.807) is 13.8 Å². The molecule has 0 bridgehead atoms. The molecule has 0 rings (SSSR count). The summed E-state index contributed by atoms with van der Waals surface area (Å²) in [5.41, 5.74) is -0.382. The summed E-state index contributed by atoms with van der Waals surface area (Å²) in [6.07, 6.45) is -3.36.